The minimum absolute atomic E-state index is 0.0764. The maximum Gasteiger partial charge on any atom is 0.238 e. The number of hydrogen-bond donors (Lipinski definition) is 2. The first-order valence-corrected chi connectivity index (χ1v) is 9.75. The van der Waals surface area contributed by atoms with Crippen LogP contribution in [0.25, 0.3) is 0 Å². The molecule has 0 fully saturated rings. The van der Waals surface area contributed by atoms with Crippen molar-refractivity contribution in [2.24, 2.45) is 10.9 Å². The fourth-order valence-electron chi connectivity index (χ4n) is 2.47. The third-order valence-electron chi connectivity index (χ3n) is 3.83. The Morgan fingerprint density at radius 3 is 2.20 bits per heavy atom. The second-order valence-electron chi connectivity index (χ2n) is 5.73. The van der Waals surface area contributed by atoms with E-state index in [1.807, 2.05) is 18.2 Å². The highest BCUT2D eigenvalue weighted by atomic mass is 32.2. The van der Waals surface area contributed by atoms with Crippen molar-refractivity contribution in [1.82, 2.24) is 4.90 Å². The van der Waals surface area contributed by atoms with E-state index in [0.29, 0.717) is 18.9 Å². The molecule has 0 bridgehead atoms. The monoisotopic (exact) mass is 363 g/mol. The van der Waals surface area contributed by atoms with Gasteiger partial charge >= 0.3 is 0 Å². The van der Waals surface area contributed by atoms with Crippen LogP contribution >= 0.6 is 0 Å². The van der Waals surface area contributed by atoms with Crippen molar-refractivity contribution >= 4 is 10.0 Å². The second-order valence-corrected chi connectivity index (χ2v) is 7.29. The van der Waals surface area contributed by atoms with Crippen LogP contribution in [0.5, 0.6) is 5.75 Å². The summed E-state index contributed by atoms with van der Waals surface area (Å²) in [6.07, 6.45) is 0.962. The SMILES string of the molecule is NCCN(CCOc1ccc(S(N)(=O)=O)cc1)CCc1ccccc1. The fraction of sp³-hybridized carbons (Fsp3) is 0.333. The summed E-state index contributed by atoms with van der Waals surface area (Å²) in [5.41, 5.74) is 6.98. The van der Waals surface area contributed by atoms with Gasteiger partial charge in [-0.3, -0.25) is 4.90 Å². The topological polar surface area (TPSA) is 98.6 Å². The summed E-state index contributed by atoms with van der Waals surface area (Å²) >= 11 is 0. The van der Waals surface area contributed by atoms with Crippen LogP contribution in [0.2, 0.25) is 0 Å². The number of sulfonamides is 1. The van der Waals surface area contributed by atoms with Crippen molar-refractivity contribution in [3.05, 3.63) is 60.2 Å². The van der Waals surface area contributed by atoms with E-state index in [2.05, 4.69) is 17.0 Å². The molecule has 0 aliphatic carbocycles. The molecule has 0 aliphatic heterocycles. The Labute approximate surface area is 149 Å². The zero-order valence-electron chi connectivity index (χ0n) is 14.2. The smallest absolute Gasteiger partial charge is 0.238 e. The van der Waals surface area contributed by atoms with Crippen LogP contribution in [0.1, 0.15) is 5.56 Å². The Morgan fingerprint density at radius 1 is 0.920 bits per heavy atom. The Balaban J connectivity index is 1.80. The molecule has 0 unspecified atom stereocenters. The number of rotatable bonds is 10. The molecule has 7 heteroatoms. The summed E-state index contributed by atoms with van der Waals surface area (Å²) in [5.74, 6) is 0.614. The minimum Gasteiger partial charge on any atom is -0.492 e. The first kappa shape index (κ1) is 19.4. The van der Waals surface area contributed by atoms with Gasteiger partial charge in [-0.05, 0) is 36.2 Å². The predicted octanol–water partition coefficient (Wildman–Crippen LogP) is 1.22. The van der Waals surface area contributed by atoms with Crippen molar-refractivity contribution < 1.29 is 13.2 Å². The largest absolute Gasteiger partial charge is 0.492 e. The lowest BCUT2D eigenvalue weighted by molar-refractivity contribution is 0.214. The van der Waals surface area contributed by atoms with Gasteiger partial charge in [-0.1, -0.05) is 30.3 Å². The van der Waals surface area contributed by atoms with Crippen LogP contribution in [0, 0.1) is 0 Å². The van der Waals surface area contributed by atoms with Gasteiger partial charge in [0, 0.05) is 26.2 Å². The fourth-order valence-corrected chi connectivity index (χ4v) is 2.98. The van der Waals surface area contributed by atoms with Crippen LogP contribution in [0.3, 0.4) is 0 Å². The summed E-state index contributed by atoms with van der Waals surface area (Å²) in [6.45, 7) is 3.57. The lowest BCUT2D eigenvalue weighted by Gasteiger charge is -2.21. The molecular formula is C18H25N3O3S. The first-order valence-electron chi connectivity index (χ1n) is 8.21. The van der Waals surface area contributed by atoms with Crippen LogP contribution < -0.4 is 15.6 Å². The Kier molecular flexibility index (Phi) is 7.39. The third kappa shape index (κ3) is 6.83. The zero-order valence-corrected chi connectivity index (χ0v) is 15.0. The highest BCUT2D eigenvalue weighted by Crippen LogP contribution is 2.14. The molecule has 0 saturated carbocycles. The van der Waals surface area contributed by atoms with Crippen molar-refractivity contribution in [3.63, 3.8) is 0 Å². The van der Waals surface area contributed by atoms with Gasteiger partial charge in [-0.25, -0.2) is 13.6 Å². The van der Waals surface area contributed by atoms with E-state index in [4.69, 9.17) is 15.6 Å². The molecule has 136 valence electrons. The summed E-state index contributed by atoms with van der Waals surface area (Å²) in [7, 11) is -3.67. The Morgan fingerprint density at radius 2 is 1.60 bits per heavy atom. The number of nitrogens with two attached hydrogens (primary N) is 2. The number of nitrogens with zero attached hydrogens (tertiary/aromatic N) is 1. The number of benzene rings is 2. The minimum atomic E-state index is -3.67. The molecule has 0 spiro atoms. The molecular weight excluding hydrogens is 338 g/mol. The van der Waals surface area contributed by atoms with E-state index in [1.54, 1.807) is 12.1 Å². The molecule has 4 N–H and O–H groups in total. The average Bonchev–Trinajstić information content (AvgIpc) is 2.60. The van der Waals surface area contributed by atoms with Gasteiger partial charge < -0.3 is 10.5 Å². The molecule has 0 heterocycles. The average molecular weight is 363 g/mol. The standard InChI is InChI=1S/C18H25N3O3S/c19-11-13-21(12-10-16-4-2-1-3-5-16)14-15-24-17-6-8-18(9-7-17)25(20,22)23/h1-9H,10-15,19H2,(H2,20,22,23). The van der Waals surface area contributed by atoms with Crippen molar-refractivity contribution in [1.29, 1.82) is 0 Å². The number of primary sulfonamides is 1. The summed E-state index contributed by atoms with van der Waals surface area (Å²) in [4.78, 5) is 2.33. The predicted molar refractivity (Wildman–Crippen MR) is 99.0 cm³/mol. The molecule has 0 radical (unpaired) electrons. The van der Waals surface area contributed by atoms with E-state index in [0.717, 1.165) is 26.1 Å². The van der Waals surface area contributed by atoms with Crippen molar-refractivity contribution in [2.75, 3.05) is 32.8 Å². The maximum absolute atomic E-state index is 11.2. The quantitative estimate of drug-likeness (QED) is 0.661. The maximum atomic E-state index is 11.2. The van der Waals surface area contributed by atoms with Crippen molar-refractivity contribution in [3.8, 4) is 5.75 Å². The second kappa shape index (κ2) is 9.53. The normalized spacial score (nSPS) is 11.6. The lowest BCUT2D eigenvalue weighted by Crippen LogP contribution is -2.34. The molecule has 2 aromatic carbocycles. The summed E-state index contributed by atoms with van der Waals surface area (Å²) < 4.78 is 28.1. The molecule has 0 atom stereocenters. The highest BCUT2D eigenvalue weighted by Gasteiger charge is 2.08. The van der Waals surface area contributed by atoms with E-state index >= 15 is 0 Å². The van der Waals surface area contributed by atoms with E-state index < -0.39 is 10.0 Å². The lowest BCUT2D eigenvalue weighted by atomic mass is 10.1. The van der Waals surface area contributed by atoms with Gasteiger partial charge in [0.05, 0.1) is 4.90 Å². The van der Waals surface area contributed by atoms with E-state index in [1.165, 1.54) is 17.7 Å². The summed E-state index contributed by atoms with van der Waals surface area (Å²) in [5, 5.41) is 5.07. The zero-order chi connectivity index (χ0) is 18.1. The molecule has 2 rings (SSSR count). The van der Waals surface area contributed by atoms with E-state index in [-0.39, 0.29) is 4.90 Å². The van der Waals surface area contributed by atoms with E-state index in [9.17, 15) is 8.42 Å². The van der Waals surface area contributed by atoms with Gasteiger partial charge in [0.25, 0.3) is 0 Å². The van der Waals surface area contributed by atoms with Gasteiger partial charge in [-0.2, -0.15) is 0 Å². The Bertz CT molecular complexity index is 734. The number of ether oxygens (including phenoxy) is 1. The molecule has 0 aromatic heterocycles. The Hall–Kier alpha value is -1.93. The molecule has 0 aliphatic rings. The van der Waals surface area contributed by atoms with Crippen LogP contribution in [-0.2, 0) is 16.4 Å². The first-order chi connectivity index (χ1) is 12.0. The molecule has 2 aromatic rings. The van der Waals surface area contributed by atoms with Gasteiger partial charge in [0.1, 0.15) is 12.4 Å². The van der Waals surface area contributed by atoms with Gasteiger partial charge in [0.2, 0.25) is 10.0 Å². The molecule has 0 saturated heterocycles. The van der Waals surface area contributed by atoms with Gasteiger partial charge in [0.15, 0.2) is 0 Å². The summed E-state index contributed by atoms with van der Waals surface area (Å²) in [6, 6.07) is 16.4. The van der Waals surface area contributed by atoms with Crippen LogP contribution in [-0.4, -0.2) is 46.1 Å². The van der Waals surface area contributed by atoms with Crippen molar-refractivity contribution in [2.45, 2.75) is 11.3 Å². The van der Waals surface area contributed by atoms with Gasteiger partial charge in [-0.15, -0.1) is 0 Å². The number of hydrogen-bond acceptors (Lipinski definition) is 5. The van der Waals surface area contributed by atoms with Crippen LogP contribution in [0.4, 0.5) is 0 Å². The molecule has 25 heavy (non-hydrogen) atoms. The molecule has 6 nitrogen and oxygen atoms in total. The highest BCUT2D eigenvalue weighted by molar-refractivity contribution is 7.89. The third-order valence-corrected chi connectivity index (χ3v) is 4.76. The molecule has 0 amide bonds. The van der Waals surface area contributed by atoms with Crippen LogP contribution in [0.15, 0.2) is 59.5 Å².